The highest BCUT2D eigenvalue weighted by Crippen LogP contribution is 2.20. The molecule has 3 heteroatoms. The van der Waals surface area contributed by atoms with E-state index in [1.165, 1.54) is 11.1 Å². The molecule has 1 aromatic rings. The predicted octanol–water partition coefficient (Wildman–Crippen LogP) is 1.15. The second kappa shape index (κ2) is 4.21. The van der Waals surface area contributed by atoms with E-state index in [1.54, 1.807) is 7.11 Å². The molecule has 0 saturated carbocycles. The number of nitrogens with two attached hydrogens (primary N) is 1. The zero-order valence-electron chi connectivity index (χ0n) is 9.36. The molecule has 1 fully saturated rings. The summed E-state index contributed by atoms with van der Waals surface area (Å²) in [5, 5.41) is 0. The average Bonchev–Trinajstić information content (AvgIpc) is 2.16. The van der Waals surface area contributed by atoms with Crippen molar-refractivity contribution in [1.82, 2.24) is 4.90 Å². The van der Waals surface area contributed by atoms with Gasteiger partial charge in [-0.15, -0.1) is 0 Å². The summed E-state index contributed by atoms with van der Waals surface area (Å²) in [6.07, 6.45) is 0. The maximum atomic E-state index is 5.74. The lowest BCUT2D eigenvalue weighted by Gasteiger charge is -2.36. The first-order valence-corrected chi connectivity index (χ1v) is 5.30. The SMILES string of the molecule is COc1ccc(CN2CC(N)C2)cc1C. The summed E-state index contributed by atoms with van der Waals surface area (Å²) in [6.45, 7) is 5.11. The van der Waals surface area contributed by atoms with Crippen LogP contribution in [0.25, 0.3) is 0 Å². The monoisotopic (exact) mass is 206 g/mol. The number of rotatable bonds is 3. The topological polar surface area (TPSA) is 38.5 Å². The Hall–Kier alpha value is -1.06. The molecule has 2 rings (SSSR count). The number of nitrogens with zero attached hydrogens (tertiary/aromatic N) is 1. The van der Waals surface area contributed by atoms with Crippen LogP contribution >= 0.6 is 0 Å². The first-order chi connectivity index (χ1) is 7.19. The fraction of sp³-hybridized carbons (Fsp3) is 0.500. The van der Waals surface area contributed by atoms with E-state index in [2.05, 4.69) is 24.0 Å². The Morgan fingerprint density at radius 3 is 2.73 bits per heavy atom. The first-order valence-electron chi connectivity index (χ1n) is 5.30. The quantitative estimate of drug-likeness (QED) is 0.806. The second-order valence-electron chi connectivity index (χ2n) is 4.26. The molecule has 3 nitrogen and oxygen atoms in total. The van der Waals surface area contributed by atoms with Crippen molar-refractivity contribution in [2.45, 2.75) is 19.5 Å². The Morgan fingerprint density at radius 2 is 2.20 bits per heavy atom. The molecule has 1 saturated heterocycles. The van der Waals surface area contributed by atoms with E-state index in [-0.39, 0.29) is 0 Å². The number of likely N-dealkylation sites (tertiary alicyclic amines) is 1. The van der Waals surface area contributed by atoms with Crippen LogP contribution in [0, 0.1) is 6.92 Å². The van der Waals surface area contributed by atoms with Gasteiger partial charge in [0.05, 0.1) is 7.11 Å². The van der Waals surface area contributed by atoms with E-state index in [0.29, 0.717) is 6.04 Å². The summed E-state index contributed by atoms with van der Waals surface area (Å²) in [6, 6.07) is 6.72. The molecule has 0 spiro atoms. The van der Waals surface area contributed by atoms with Gasteiger partial charge in [0.2, 0.25) is 0 Å². The number of hydrogen-bond donors (Lipinski definition) is 1. The van der Waals surface area contributed by atoms with Crippen LogP contribution < -0.4 is 10.5 Å². The van der Waals surface area contributed by atoms with Crippen LogP contribution in [-0.4, -0.2) is 31.1 Å². The molecule has 0 aromatic heterocycles. The molecule has 15 heavy (non-hydrogen) atoms. The molecule has 1 aliphatic rings. The maximum Gasteiger partial charge on any atom is 0.121 e. The van der Waals surface area contributed by atoms with E-state index in [4.69, 9.17) is 10.5 Å². The third kappa shape index (κ3) is 2.30. The average molecular weight is 206 g/mol. The highest BCUT2D eigenvalue weighted by molar-refractivity contribution is 5.36. The molecular formula is C12H18N2O. The van der Waals surface area contributed by atoms with Crippen LogP contribution in [0.15, 0.2) is 18.2 Å². The minimum atomic E-state index is 0.379. The van der Waals surface area contributed by atoms with Gasteiger partial charge in [-0.25, -0.2) is 0 Å². The minimum absolute atomic E-state index is 0.379. The summed E-state index contributed by atoms with van der Waals surface area (Å²) in [5.74, 6) is 0.957. The Kier molecular flexibility index (Phi) is 2.93. The molecule has 82 valence electrons. The fourth-order valence-electron chi connectivity index (χ4n) is 2.04. The van der Waals surface area contributed by atoms with Crippen LogP contribution in [0.4, 0.5) is 0 Å². The van der Waals surface area contributed by atoms with E-state index in [1.807, 2.05) is 6.07 Å². The lowest BCUT2D eigenvalue weighted by Crippen LogP contribution is -2.54. The van der Waals surface area contributed by atoms with Gasteiger partial charge in [0.25, 0.3) is 0 Å². The van der Waals surface area contributed by atoms with Crippen molar-refractivity contribution in [2.75, 3.05) is 20.2 Å². The lowest BCUT2D eigenvalue weighted by atomic mass is 10.1. The Morgan fingerprint density at radius 1 is 1.47 bits per heavy atom. The smallest absolute Gasteiger partial charge is 0.121 e. The van der Waals surface area contributed by atoms with Crippen LogP contribution in [0.3, 0.4) is 0 Å². The van der Waals surface area contributed by atoms with Gasteiger partial charge in [-0.3, -0.25) is 4.90 Å². The normalized spacial score (nSPS) is 17.5. The zero-order valence-corrected chi connectivity index (χ0v) is 9.36. The van der Waals surface area contributed by atoms with Crippen molar-refractivity contribution in [1.29, 1.82) is 0 Å². The molecule has 1 aromatic carbocycles. The molecule has 0 amide bonds. The van der Waals surface area contributed by atoms with Crippen LogP contribution in [-0.2, 0) is 6.54 Å². The fourth-order valence-corrected chi connectivity index (χ4v) is 2.04. The number of hydrogen-bond acceptors (Lipinski definition) is 3. The number of methoxy groups -OCH3 is 1. The maximum absolute atomic E-state index is 5.74. The largest absolute Gasteiger partial charge is 0.496 e. The summed E-state index contributed by atoms with van der Waals surface area (Å²) >= 11 is 0. The van der Waals surface area contributed by atoms with Crippen LogP contribution in [0.5, 0.6) is 5.75 Å². The predicted molar refractivity (Wildman–Crippen MR) is 61.0 cm³/mol. The van der Waals surface area contributed by atoms with E-state index < -0.39 is 0 Å². The van der Waals surface area contributed by atoms with Crippen molar-refractivity contribution < 1.29 is 4.74 Å². The van der Waals surface area contributed by atoms with E-state index >= 15 is 0 Å². The van der Waals surface area contributed by atoms with Gasteiger partial charge in [-0.1, -0.05) is 12.1 Å². The number of ether oxygens (including phenoxy) is 1. The Balaban J connectivity index is 2.00. The van der Waals surface area contributed by atoms with Gasteiger partial charge in [-0.05, 0) is 24.1 Å². The molecular weight excluding hydrogens is 188 g/mol. The first kappa shape index (κ1) is 10.5. The van der Waals surface area contributed by atoms with Crippen molar-refractivity contribution in [2.24, 2.45) is 5.73 Å². The Labute approximate surface area is 90.8 Å². The summed E-state index contributed by atoms with van der Waals surface area (Å²) in [4.78, 5) is 2.35. The highest BCUT2D eigenvalue weighted by Gasteiger charge is 2.22. The van der Waals surface area contributed by atoms with Gasteiger partial charge in [0.1, 0.15) is 5.75 Å². The second-order valence-corrected chi connectivity index (χ2v) is 4.26. The van der Waals surface area contributed by atoms with E-state index in [9.17, 15) is 0 Å². The Bertz CT molecular complexity index is 345. The lowest BCUT2D eigenvalue weighted by molar-refractivity contribution is 0.142. The third-order valence-corrected chi connectivity index (χ3v) is 2.85. The molecule has 1 heterocycles. The van der Waals surface area contributed by atoms with Gasteiger partial charge >= 0.3 is 0 Å². The number of aryl methyl sites for hydroxylation is 1. The van der Waals surface area contributed by atoms with Crippen molar-refractivity contribution in [3.05, 3.63) is 29.3 Å². The summed E-state index contributed by atoms with van der Waals surface area (Å²) in [7, 11) is 1.70. The molecule has 0 unspecified atom stereocenters. The molecule has 0 aliphatic carbocycles. The third-order valence-electron chi connectivity index (χ3n) is 2.85. The van der Waals surface area contributed by atoms with Crippen LogP contribution in [0.1, 0.15) is 11.1 Å². The van der Waals surface area contributed by atoms with E-state index in [0.717, 1.165) is 25.4 Å². The van der Waals surface area contributed by atoms with Crippen molar-refractivity contribution >= 4 is 0 Å². The summed E-state index contributed by atoms with van der Waals surface area (Å²) < 4.78 is 5.23. The standard InChI is InChI=1S/C12H18N2O/c1-9-5-10(3-4-12(9)15-2)6-14-7-11(13)8-14/h3-5,11H,6-8,13H2,1-2H3. The number of benzene rings is 1. The highest BCUT2D eigenvalue weighted by atomic mass is 16.5. The molecule has 2 N–H and O–H groups in total. The molecule has 0 bridgehead atoms. The van der Waals surface area contributed by atoms with Gasteiger partial charge in [0.15, 0.2) is 0 Å². The van der Waals surface area contributed by atoms with Crippen molar-refractivity contribution in [3.63, 3.8) is 0 Å². The molecule has 0 radical (unpaired) electrons. The van der Waals surface area contributed by atoms with Crippen LogP contribution in [0.2, 0.25) is 0 Å². The summed E-state index contributed by atoms with van der Waals surface area (Å²) in [5.41, 5.74) is 8.26. The van der Waals surface area contributed by atoms with Gasteiger partial charge in [0, 0.05) is 25.7 Å². The molecule has 0 atom stereocenters. The van der Waals surface area contributed by atoms with Gasteiger partial charge < -0.3 is 10.5 Å². The van der Waals surface area contributed by atoms with Crippen molar-refractivity contribution in [3.8, 4) is 5.75 Å². The zero-order chi connectivity index (χ0) is 10.8. The molecule has 1 aliphatic heterocycles. The minimum Gasteiger partial charge on any atom is -0.496 e. The van der Waals surface area contributed by atoms with Gasteiger partial charge in [-0.2, -0.15) is 0 Å².